The molecule has 0 aliphatic rings. The second-order valence-corrected chi connectivity index (χ2v) is 39.3. The van der Waals surface area contributed by atoms with E-state index in [1.54, 1.807) is 0 Å². The van der Waals surface area contributed by atoms with Crippen molar-refractivity contribution in [1.29, 1.82) is 0 Å². The average molecular weight is 281 g/mol. The van der Waals surface area contributed by atoms with Crippen LogP contribution in [0.3, 0.4) is 0 Å². The second kappa shape index (κ2) is 1.91. The zero-order valence-electron chi connectivity index (χ0n) is 9.02. The number of allylic oxidation sites excluding steroid dienone is 3. The summed E-state index contributed by atoms with van der Waals surface area (Å²) >= 11 is 0. The van der Waals surface area contributed by atoms with Crippen LogP contribution in [0.25, 0.3) is 0 Å². The molecule has 0 saturated heterocycles. The van der Waals surface area contributed by atoms with Crippen molar-refractivity contribution in [2.45, 2.75) is 34.5 Å². The van der Waals surface area contributed by atoms with Gasteiger partial charge in [-0.2, -0.15) is 0 Å². The van der Waals surface area contributed by atoms with Gasteiger partial charge in [-0.3, -0.25) is 0 Å². The molecule has 0 aliphatic carbocycles. The number of hydrogen-bond donors (Lipinski definition) is 0. The van der Waals surface area contributed by atoms with Gasteiger partial charge in [-0.15, -0.1) is 0 Å². The molecule has 0 heterocycles. The zero-order valence-corrected chi connectivity index (χ0v) is 11.4. The zero-order chi connectivity index (χ0) is 10.2. The predicted octanol–water partition coefficient (Wildman–Crippen LogP) is 5.23. The fourth-order valence-corrected chi connectivity index (χ4v) is 2.66. The summed E-state index contributed by atoms with van der Waals surface area (Å²) in [6, 6.07) is 0. The Hall–Kier alpha value is 0.393. The molecule has 2 heteroatoms. The van der Waals surface area contributed by atoms with Crippen LogP contribution in [0.5, 0.6) is 0 Å². The van der Waals surface area contributed by atoms with Crippen molar-refractivity contribution in [3.63, 3.8) is 0 Å². The monoisotopic (exact) mass is 280 g/mol. The Morgan fingerprint density at radius 3 is 1.58 bits per heavy atom. The van der Waals surface area contributed by atoms with Gasteiger partial charge in [0.15, 0.2) is 0 Å². The van der Waals surface area contributed by atoms with E-state index in [1.165, 1.54) is 0 Å². The first-order valence-corrected chi connectivity index (χ1v) is 14.8. The van der Waals surface area contributed by atoms with E-state index in [-0.39, 0.29) is 0 Å². The van der Waals surface area contributed by atoms with Crippen LogP contribution >= 0.6 is 9.69 Å². The molecule has 0 spiro atoms. The molecule has 0 unspecified atom stereocenters. The van der Waals surface area contributed by atoms with Crippen molar-refractivity contribution in [1.82, 2.24) is 0 Å². The van der Waals surface area contributed by atoms with Gasteiger partial charge in [0.25, 0.3) is 0 Å². The molecule has 0 fully saturated rings. The van der Waals surface area contributed by atoms with Crippen LogP contribution in [0, 0.1) is 0 Å². The van der Waals surface area contributed by atoms with E-state index in [9.17, 15) is 0 Å². The molecule has 0 aromatic heterocycles. The van der Waals surface area contributed by atoms with Crippen LogP contribution in [0.15, 0.2) is 22.9 Å². The summed E-state index contributed by atoms with van der Waals surface area (Å²) < 4.78 is 2.18. The fourth-order valence-electron chi connectivity index (χ4n) is 0.493. The van der Waals surface area contributed by atoms with E-state index in [2.05, 4.69) is 38.3 Å². The van der Waals surface area contributed by atoms with Gasteiger partial charge in [0.1, 0.15) is 0 Å². The summed E-state index contributed by atoms with van der Waals surface area (Å²) in [6.45, 7) is 2.00. The Bertz CT molecular complexity index is 235. The van der Waals surface area contributed by atoms with Gasteiger partial charge < -0.3 is 0 Å². The first-order chi connectivity index (χ1) is 4.74. The molecule has 0 rings (SSSR count). The third-order valence-corrected chi connectivity index (χ3v) is 4.72. The van der Waals surface area contributed by atoms with E-state index >= 15 is 0 Å². The SMILES string of the molecule is CC=CC=[CH][Rh]([CH3])([CH3])([CH3])([CH3])([CH3])[Cl]. The maximum absolute atomic E-state index is 6.78. The molecule has 0 amide bonds. The second-order valence-electron chi connectivity index (χ2n) is 5.83. The Morgan fingerprint density at radius 1 is 0.917 bits per heavy atom. The number of rotatable bonds is 2. The Kier molecular flexibility index (Phi) is 1.97. The molecule has 78 valence electrons. The van der Waals surface area contributed by atoms with Gasteiger partial charge >= 0.3 is 77.4 Å². The molecule has 0 aromatic rings. The summed E-state index contributed by atoms with van der Waals surface area (Å²) in [7, 11) is 3.31. The van der Waals surface area contributed by atoms with E-state index in [4.69, 9.17) is 9.69 Å². The molecule has 12 heavy (non-hydrogen) atoms. The van der Waals surface area contributed by atoms with Crippen LogP contribution in [0.4, 0.5) is 0 Å². The third-order valence-electron chi connectivity index (χ3n) is 0.965. The molecule has 0 N–H and O–H groups in total. The molecule has 0 aliphatic heterocycles. The van der Waals surface area contributed by atoms with Crippen molar-refractivity contribution >= 4 is 9.69 Å². The molecular weight excluding hydrogens is 258 g/mol. The first kappa shape index (κ1) is 12.4. The normalized spacial score (nSPS) is 23.4. The topological polar surface area (TPSA) is 0 Å². The predicted molar refractivity (Wildman–Crippen MR) is 59.1 cm³/mol. The van der Waals surface area contributed by atoms with E-state index < -0.39 is 10.3 Å². The van der Waals surface area contributed by atoms with Crippen LogP contribution < -0.4 is 0 Å². The Labute approximate surface area is 77.3 Å². The molecule has 0 atom stereocenters. The van der Waals surface area contributed by atoms with Crippen LogP contribution in [-0.4, -0.2) is 0 Å². The summed E-state index contributed by atoms with van der Waals surface area (Å²) in [5.74, 6) is 0. The molecule has 0 bridgehead atoms. The maximum atomic E-state index is 6.78. The Balaban J connectivity index is 5.15. The van der Waals surface area contributed by atoms with Gasteiger partial charge in [0, 0.05) is 0 Å². The van der Waals surface area contributed by atoms with Crippen molar-refractivity contribution < 1.29 is 10.3 Å². The number of halogens is 1. The van der Waals surface area contributed by atoms with Crippen LogP contribution in [-0.2, 0) is 10.3 Å². The van der Waals surface area contributed by atoms with Crippen LogP contribution in [0.1, 0.15) is 6.92 Å². The quantitative estimate of drug-likeness (QED) is 0.480. The standard InChI is InChI=1S/C5H7.5CH3.ClH.Rh/c1-3-5-4-2;;;;;;;/h1,3-5H,2H3;5*1H3;1H;/q;;;;;;;+1/p-1. The van der Waals surface area contributed by atoms with E-state index in [1.807, 2.05) is 19.1 Å². The molecule has 0 radical (unpaired) electrons. The van der Waals surface area contributed by atoms with Crippen molar-refractivity contribution in [3.05, 3.63) is 22.9 Å². The number of hydrogen-bond acceptors (Lipinski definition) is 0. The van der Waals surface area contributed by atoms with Gasteiger partial charge in [-0.05, 0) is 0 Å². The third kappa shape index (κ3) is 10.4. The Morgan fingerprint density at radius 2 is 1.33 bits per heavy atom. The van der Waals surface area contributed by atoms with Crippen molar-refractivity contribution in [3.8, 4) is 0 Å². The van der Waals surface area contributed by atoms with Gasteiger partial charge in [0.2, 0.25) is 0 Å². The van der Waals surface area contributed by atoms with E-state index in [0.29, 0.717) is 0 Å². The van der Waals surface area contributed by atoms with Crippen molar-refractivity contribution in [2.75, 3.05) is 0 Å². The minimum atomic E-state index is -3.47. The molecule has 0 saturated carbocycles. The van der Waals surface area contributed by atoms with E-state index in [0.717, 1.165) is 0 Å². The average Bonchev–Trinajstić information content (AvgIpc) is 1.57. The fraction of sp³-hybridized carbons (Fsp3) is 0.600. The summed E-state index contributed by atoms with van der Waals surface area (Å²) in [5, 5.41) is 0. The molecule has 0 aromatic carbocycles. The summed E-state index contributed by atoms with van der Waals surface area (Å²) in [5.41, 5.74) is 10.9. The summed E-state index contributed by atoms with van der Waals surface area (Å²) in [6.07, 6.45) is 6.08. The van der Waals surface area contributed by atoms with Gasteiger partial charge in [0.05, 0.1) is 0 Å². The molecule has 0 nitrogen and oxygen atoms in total. The minimum absolute atomic E-state index is 2.00. The van der Waals surface area contributed by atoms with Gasteiger partial charge in [-0.1, -0.05) is 0 Å². The summed E-state index contributed by atoms with van der Waals surface area (Å²) in [4.78, 5) is 0. The van der Waals surface area contributed by atoms with Gasteiger partial charge in [-0.25, -0.2) is 0 Å². The van der Waals surface area contributed by atoms with Crippen molar-refractivity contribution in [2.24, 2.45) is 0 Å². The first-order valence-electron chi connectivity index (χ1n) is 3.56. The molecular formula is C10H22ClRh. The van der Waals surface area contributed by atoms with Crippen LogP contribution in [0.2, 0.25) is 27.6 Å².